The average molecular weight is 374 g/mol. The number of hydrogen-bond acceptors (Lipinski definition) is 5. The summed E-state index contributed by atoms with van der Waals surface area (Å²) in [6.45, 7) is 6.06. The van der Waals surface area contributed by atoms with Gasteiger partial charge in [-0.1, -0.05) is 13.8 Å². The van der Waals surface area contributed by atoms with Crippen molar-refractivity contribution in [2.24, 2.45) is 7.05 Å². The fourth-order valence-electron chi connectivity index (χ4n) is 3.41. The molecular formula is C21H22N6O. The van der Waals surface area contributed by atoms with Crippen LogP contribution < -0.4 is 5.32 Å². The number of benzene rings is 1. The summed E-state index contributed by atoms with van der Waals surface area (Å²) in [6.07, 6.45) is 3.31. The van der Waals surface area contributed by atoms with Gasteiger partial charge in [0, 0.05) is 18.0 Å². The number of nitrogens with one attached hydrogen (secondary N) is 1. The van der Waals surface area contributed by atoms with Gasteiger partial charge in [-0.2, -0.15) is 5.10 Å². The third-order valence-corrected chi connectivity index (χ3v) is 4.87. The standard InChI is InChI=1S/C21H22N6O/c1-5-16-17(6-2)25-19-9-13(7-8-18(19)24-16)21(28)23-14-10-15-12(3)26-27(4)20(15)22-11-14/h7-11H,5-6H2,1-4H3,(H,23,28). The summed E-state index contributed by atoms with van der Waals surface area (Å²) in [5, 5.41) is 8.20. The molecule has 0 unspecified atom stereocenters. The van der Waals surface area contributed by atoms with Gasteiger partial charge in [-0.15, -0.1) is 0 Å². The second kappa shape index (κ2) is 6.99. The van der Waals surface area contributed by atoms with E-state index in [0.29, 0.717) is 11.3 Å². The largest absolute Gasteiger partial charge is 0.321 e. The maximum absolute atomic E-state index is 12.8. The molecule has 7 nitrogen and oxygen atoms in total. The highest BCUT2D eigenvalue weighted by Gasteiger charge is 2.12. The van der Waals surface area contributed by atoms with Crippen molar-refractivity contribution in [2.75, 3.05) is 5.32 Å². The number of carbonyl (C=O) groups is 1. The molecule has 1 amide bonds. The lowest BCUT2D eigenvalue weighted by atomic mass is 10.1. The molecule has 0 radical (unpaired) electrons. The number of aromatic nitrogens is 5. The second-order valence-corrected chi connectivity index (χ2v) is 6.79. The summed E-state index contributed by atoms with van der Waals surface area (Å²) in [4.78, 5) is 26.5. The number of hydrogen-bond donors (Lipinski definition) is 1. The zero-order valence-corrected chi connectivity index (χ0v) is 16.4. The molecule has 0 fully saturated rings. The van der Waals surface area contributed by atoms with Crippen molar-refractivity contribution < 1.29 is 4.79 Å². The van der Waals surface area contributed by atoms with Crippen LogP contribution in [0, 0.1) is 6.92 Å². The summed E-state index contributed by atoms with van der Waals surface area (Å²) < 4.78 is 1.73. The van der Waals surface area contributed by atoms with Crippen LogP contribution in [0.4, 0.5) is 5.69 Å². The number of nitrogens with zero attached hydrogens (tertiary/aromatic N) is 5. The van der Waals surface area contributed by atoms with E-state index >= 15 is 0 Å². The predicted molar refractivity (Wildman–Crippen MR) is 109 cm³/mol. The number of rotatable bonds is 4. The van der Waals surface area contributed by atoms with Gasteiger partial charge < -0.3 is 5.32 Å². The zero-order valence-electron chi connectivity index (χ0n) is 16.4. The number of aryl methyl sites for hydroxylation is 4. The van der Waals surface area contributed by atoms with E-state index in [9.17, 15) is 4.79 Å². The van der Waals surface area contributed by atoms with E-state index in [1.54, 1.807) is 23.0 Å². The number of pyridine rings is 1. The minimum Gasteiger partial charge on any atom is -0.321 e. The molecule has 3 heterocycles. The van der Waals surface area contributed by atoms with Crippen molar-refractivity contribution in [1.82, 2.24) is 24.7 Å². The van der Waals surface area contributed by atoms with Crippen LogP contribution in [0.5, 0.6) is 0 Å². The van der Waals surface area contributed by atoms with Gasteiger partial charge in [-0.25, -0.2) is 15.0 Å². The van der Waals surface area contributed by atoms with E-state index in [0.717, 1.165) is 52.0 Å². The van der Waals surface area contributed by atoms with Crippen molar-refractivity contribution >= 4 is 33.7 Å². The van der Waals surface area contributed by atoms with Gasteiger partial charge >= 0.3 is 0 Å². The first kappa shape index (κ1) is 18.0. The summed E-state index contributed by atoms with van der Waals surface area (Å²) >= 11 is 0. The Balaban J connectivity index is 1.66. The number of amides is 1. The molecule has 0 saturated heterocycles. The van der Waals surface area contributed by atoms with Gasteiger partial charge in [0.15, 0.2) is 5.65 Å². The Kier molecular flexibility index (Phi) is 4.50. The first-order valence-corrected chi connectivity index (χ1v) is 9.40. The Morgan fingerprint density at radius 2 is 1.79 bits per heavy atom. The number of anilines is 1. The van der Waals surface area contributed by atoms with Gasteiger partial charge in [0.1, 0.15) is 0 Å². The highest BCUT2D eigenvalue weighted by molar-refractivity contribution is 6.06. The first-order valence-electron chi connectivity index (χ1n) is 9.40. The van der Waals surface area contributed by atoms with E-state index in [-0.39, 0.29) is 5.91 Å². The van der Waals surface area contributed by atoms with E-state index in [2.05, 4.69) is 34.2 Å². The molecule has 28 heavy (non-hydrogen) atoms. The Labute approximate surface area is 162 Å². The maximum Gasteiger partial charge on any atom is 0.255 e. The van der Waals surface area contributed by atoms with Crippen molar-refractivity contribution in [1.29, 1.82) is 0 Å². The summed E-state index contributed by atoms with van der Waals surface area (Å²) in [5.41, 5.74) is 6.37. The Morgan fingerprint density at radius 1 is 1.07 bits per heavy atom. The highest BCUT2D eigenvalue weighted by Crippen LogP contribution is 2.21. The van der Waals surface area contributed by atoms with E-state index in [1.165, 1.54) is 0 Å². The molecule has 0 aliphatic rings. The van der Waals surface area contributed by atoms with Gasteiger partial charge in [-0.3, -0.25) is 9.48 Å². The molecule has 0 spiro atoms. The quantitative estimate of drug-likeness (QED) is 0.590. The average Bonchev–Trinajstić information content (AvgIpc) is 2.99. The van der Waals surface area contributed by atoms with Crippen LogP contribution in [-0.2, 0) is 19.9 Å². The third kappa shape index (κ3) is 3.09. The van der Waals surface area contributed by atoms with Crippen LogP contribution in [0.3, 0.4) is 0 Å². The second-order valence-electron chi connectivity index (χ2n) is 6.79. The molecule has 4 rings (SSSR count). The summed E-state index contributed by atoms with van der Waals surface area (Å²) in [7, 11) is 1.85. The van der Waals surface area contributed by atoms with Crippen LogP contribution in [0.25, 0.3) is 22.1 Å². The monoisotopic (exact) mass is 374 g/mol. The minimum atomic E-state index is -0.205. The van der Waals surface area contributed by atoms with E-state index in [1.807, 2.05) is 26.1 Å². The summed E-state index contributed by atoms with van der Waals surface area (Å²) in [6, 6.07) is 7.31. The maximum atomic E-state index is 12.8. The van der Waals surface area contributed by atoms with Crippen LogP contribution in [0.2, 0.25) is 0 Å². The van der Waals surface area contributed by atoms with Crippen LogP contribution >= 0.6 is 0 Å². The van der Waals surface area contributed by atoms with Crippen molar-refractivity contribution in [3.05, 3.63) is 53.1 Å². The molecule has 1 aromatic carbocycles. The number of fused-ring (bicyclic) bond motifs is 2. The molecule has 0 aliphatic heterocycles. The molecule has 142 valence electrons. The van der Waals surface area contributed by atoms with Crippen LogP contribution in [0.15, 0.2) is 30.5 Å². The fourth-order valence-corrected chi connectivity index (χ4v) is 3.41. The molecule has 0 aliphatic carbocycles. The van der Waals surface area contributed by atoms with Crippen LogP contribution in [0.1, 0.15) is 41.3 Å². The molecule has 4 aromatic rings. The van der Waals surface area contributed by atoms with Crippen molar-refractivity contribution in [3.63, 3.8) is 0 Å². The smallest absolute Gasteiger partial charge is 0.255 e. The third-order valence-electron chi connectivity index (χ3n) is 4.87. The van der Waals surface area contributed by atoms with Crippen molar-refractivity contribution in [3.8, 4) is 0 Å². The molecule has 1 N–H and O–H groups in total. The Bertz CT molecular complexity index is 1210. The Morgan fingerprint density at radius 3 is 2.50 bits per heavy atom. The van der Waals surface area contributed by atoms with E-state index < -0.39 is 0 Å². The predicted octanol–water partition coefficient (Wildman–Crippen LogP) is 3.60. The normalized spacial score (nSPS) is 11.3. The van der Waals surface area contributed by atoms with Gasteiger partial charge in [0.25, 0.3) is 5.91 Å². The fraction of sp³-hybridized carbons (Fsp3) is 0.286. The Hall–Kier alpha value is -3.35. The molecule has 3 aromatic heterocycles. The summed E-state index contributed by atoms with van der Waals surface area (Å²) in [5.74, 6) is -0.205. The van der Waals surface area contributed by atoms with Gasteiger partial charge in [0.05, 0.1) is 40.0 Å². The lowest BCUT2D eigenvalue weighted by Crippen LogP contribution is -2.12. The SMILES string of the molecule is CCc1nc2ccc(C(=O)Nc3cnc4c(c3)c(C)nn4C)cc2nc1CC. The number of carbonyl (C=O) groups excluding carboxylic acids is 1. The lowest BCUT2D eigenvalue weighted by molar-refractivity contribution is 0.102. The minimum absolute atomic E-state index is 0.205. The molecule has 7 heteroatoms. The van der Waals surface area contributed by atoms with Crippen molar-refractivity contribution in [2.45, 2.75) is 33.6 Å². The van der Waals surface area contributed by atoms with Crippen LogP contribution in [-0.4, -0.2) is 30.6 Å². The molecule has 0 bridgehead atoms. The van der Waals surface area contributed by atoms with Gasteiger partial charge in [0.2, 0.25) is 0 Å². The first-order chi connectivity index (χ1) is 13.5. The highest BCUT2D eigenvalue weighted by atomic mass is 16.1. The molecule has 0 atom stereocenters. The van der Waals surface area contributed by atoms with Gasteiger partial charge in [-0.05, 0) is 44.0 Å². The molecule has 0 saturated carbocycles. The topological polar surface area (TPSA) is 85.6 Å². The lowest BCUT2D eigenvalue weighted by Gasteiger charge is -2.09. The van der Waals surface area contributed by atoms with E-state index in [4.69, 9.17) is 4.98 Å². The molecular weight excluding hydrogens is 352 g/mol. The zero-order chi connectivity index (χ0) is 19.8.